The lowest BCUT2D eigenvalue weighted by atomic mass is 10.1. The summed E-state index contributed by atoms with van der Waals surface area (Å²) in [6.45, 7) is 10.9. The molecular weight excluding hydrogens is 382 g/mol. The Morgan fingerprint density at radius 3 is 2.57 bits per heavy atom. The van der Waals surface area contributed by atoms with Crippen molar-refractivity contribution in [3.05, 3.63) is 41.2 Å². The molecule has 0 N–H and O–H groups in total. The van der Waals surface area contributed by atoms with Crippen LogP contribution in [0.2, 0.25) is 0 Å². The van der Waals surface area contributed by atoms with Crippen molar-refractivity contribution in [2.24, 2.45) is 0 Å². The van der Waals surface area contributed by atoms with Crippen molar-refractivity contribution < 1.29 is 9.53 Å². The number of piperazine rings is 1. The second kappa shape index (κ2) is 10.1. The highest BCUT2D eigenvalue weighted by atomic mass is 16.5. The Kier molecular flexibility index (Phi) is 7.03. The number of nitrogens with zero attached hydrogens (tertiary/aromatic N) is 7. The van der Waals surface area contributed by atoms with E-state index in [1.807, 2.05) is 4.90 Å². The van der Waals surface area contributed by atoms with Crippen LogP contribution in [0.1, 0.15) is 23.4 Å². The van der Waals surface area contributed by atoms with Crippen LogP contribution < -0.4 is 0 Å². The maximum Gasteiger partial charge on any atom is 0.224 e. The number of rotatable bonds is 7. The Labute approximate surface area is 177 Å². The fourth-order valence-electron chi connectivity index (χ4n) is 4.05. The van der Waals surface area contributed by atoms with Crippen LogP contribution in [0.25, 0.3) is 0 Å². The maximum atomic E-state index is 12.7. The lowest BCUT2D eigenvalue weighted by molar-refractivity contribution is -0.133. The topological polar surface area (TPSA) is 79.6 Å². The van der Waals surface area contributed by atoms with E-state index >= 15 is 0 Å². The van der Waals surface area contributed by atoms with Gasteiger partial charge in [-0.05, 0) is 22.9 Å². The van der Waals surface area contributed by atoms with E-state index < -0.39 is 0 Å². The van der Waals surface area contributed by atoms with Crippen LogP contribution in [-0.4, -0.2) is 93.3 Å². The molecule has 0 unspecified atom stereocenters. The molecule has 1 aromatic heterocycles. The zero-order chi connectivity index (χ0) is 20.8. The van der Waals surface area contributed by atoms with Gasteiger partial charge in [-0.1, -0.05) is 29.8 Å². The number of carbonyl (C=O) groups is 1. The predicted molar refractivity (Wildman–Crippen MR) is 112 cm³/mol. The zero-order valence-corrected chi connectivity index (χ0v) is 17.7. The molecule has 2 aliphatic rings. The van der Waals surface area contributed by atoms with E-state index in [0.717, 1.165) is 64.9 Å². The smallest absolute Gasteiger partial charge is 0.224 e. The highest BCUT2D eigenvalue weighted by molar-refractivity contribution is 5.76. The summed E-state index contributed by atoms with van der Waals surface area (Å²) in [4.78, 5) is 19.4. The molecule has 4 rings (SSSR count). The SMILES string of the molecule is Cc1cccc(CN2CCN(C(=O)CCn3nnnc3CN3CCOCC3)CC2)c1. The number of aryl methyl sites for hydroxylation is 2. The minimum absolute atomic E-state index is 0.179. The summed E-state index contributed by atoms with van der Waals surface area (Å²) < 4.78 is 7.15. The van der Waals surface area contributed by atoms with Gasteiger partial charge in [-0.3, -0.25) is 14.6 Å². The molecule has 2 aromatic rings. The molecule has 2 aliphatic heterocycles. The minimum Gasteiger partial charge on any atom is -0.379 e. The van der Waals surface area contributed by atoms with E-state index in [0.29, 0.717) is 19.5 Å². The summed E-state index contributed by atoms with van der Waals surface area (Å²) in [6, 6.07) is 8.64. The lowest BCUT2D eigenvalue weighted by Crippen LogP contribution is -2.48. The van der Waals surface area contributed by atoms with Crippen LogP contribution in [0.15, 0.2) is 24.3 Å². The third-order valence-corrected chi connectivity index (χ3v) is 5.83. The minimum atomic E-state index is 0.179. The summed E-state index contributed by atoms with van der Waals surface area (Å²) in [5.41, 5.74) is 2.62. The van der Waals surface area contributed by atoms with E-state index in [9.17, 15) is 4.79 Å². The number of benzene rings is 1. The van der Waals surface area contributed by atoms with E-state index in [1.54, 1.807) is 4.68 Å². The van der Waals surface area contributed by atoms with Crippen LogP contribution in [0.3, 0.4) is 0 Å². The number of carbonyl (C=O) groups excluding carboxylic acids is 1. The number of hydrogen-bond donors (Lipinski definition) is 0. The Hall–Kier alpha value is -2.36. The van der Waals surface area contributed by atoms with Gasteiger partial charge < -0.3 is 9.64 Å². The molecule has 162 valence electrons. The van der Waals surface area contributed by atoms with E-state index in [4.69, 9.17) is 4.74 Å². The van der Waals surface area contributed by atoms with Crippen molar-refractivity contribution >= 4 is 5.91 Å². The van der Waals surface area contributed by atoms with Crippen molar-refractivity contribution in [2.45, 2.75) is 33.0 Å². The maximum absolute atomic E-state index is 12.7. The van der Waals surface area contributed by atoms with Gasteiger partial charge in [0, 0.05) is 52.2 Å². The van der Waals surface area contributed by atoms with Gasteiger partial charge in [-0.25, -0.2) is 4.68 Å². The molecular formula is C21H31N7O2. The number of ether oxygens (including phenoxy) is 1. The molecule has 1 aromatic carbocycles. The zero-order valence-electron chi connectivity index (χ0n) is 17.7. The molecule has 0 spiro atoms. The standard InChI is InChI=1S/C21H31N7O2/c1-18-3-2-4-19(15-18)16-25-7-9-27(10-8-25)21(29)5-6-28-20(22-23-24-28)17-26-11-13-30-14-12-26/h2-4,15H,5-14,16-17H2,1H3. The van der Waals surface area contributed by atoms with Crippen LogP contribution in [0.4, 0.5) is 0 Å². The molecule has 0 bridgehead atoms. The van der Waals surface area contributed by atoms with Gasteiger partial charge in [0.05, 0.1) is 26.3 Å². The summed E-state index contributed by atoms with van der Waals surface area (Å²) >= 11 is 0. The average molecular weight is 414 g/mol. The molecule has 9 heteroatoms. The predicted octanol–water partition coefficient (Wildman–Crippen LogP) is 0.548. The third kappa shape index (κ3) is 5.62. The molecule has 0 atom stereocenters. The highest BCUT2D eigenvalue weighted by Gasteiger charge is 2.22. The fraction of sp³-hybridized carbons (Fsp3) is 0.619. The Balaban J connectivity index is 1.21. The van der Waals surface area contributed by atoms with E-state index in [2.05, 4.69) is 56.5 Å². The molecule has 0 saturated carbocycles. The van der Waals surface area contributed by atoms with Crippen LogP contribution in [-0.2, 0) is 29.2 Å². The number of aromatic nitrogens is 4. The van der Waals surface area contributed by atoms with Crippen molar-refractivity contribution in [3.8, 4) is 0 Å². The van der Waals surface area contributed by atoms with Gasteiger partial charge in [0.1, 0.15) is 0 Å². The lowest BCUT2D eigenvalue weighted by Gasteiger charge is -2.35. The quantitative estimate of drug-likeness (QED) is 0.656. The monoisotopic (exact) mass is 413 g/mol. The molecule has 3 heterocycles. The summed E-state index contributed by atoms with van der Waals surface area (Å²) in [6.07, 6.45) is 0.430. The molecule has 2 saturated heterocycles. The van der Waals surface area contributed by atoms with Gasteiger partial charge >= 0.3 is 0 Å². The Morgan fingerprint density at radius 1 is 1.03 bits per heavy atom. The Bertz CT molecular complexity index is 826. The van der Waals surface area contributed by atoms with Gasteiger partial charge in [-0.15, -0.1) is 5.10 Å². The van der Waals surface area contributed by atoms with Crippen molar-refractivity contribution in [1.82, 2.24) is 34.9 Å². The highest BCUT2D eigenvalue weighted by Crippen LogP contribution is 2.12. The average Bonchev–Trinajstić information content (AvgIpc) is 3.20. The van der Waals surface area contributed by atoms with Gasteiger partial charge in [0.2, 0.25) is 5.91 Å². The van der Waals surface area contributed by atoms with Crippen molar-refractivity contribution in [2.75, 3.05) is 52.5 Å². The Morgan fingerprint density at radius 2 is 1.80 bits per heavy atom. The normalized spacial score (nSPS) is 18.6. The molecule has 0 aliphatic carbocycles. The van der Waals surface area contributed by atoms with Gasteiger partial charge in [0.15, 0.2) is 5.82 Å². The number of hydrogen-bond acceptors (Lipinski definition) is 7. The summed E-state index contributed by atoms with van der Waals surface area (Å²) in [7, 11) is 0. The van der Waals surface area contributed by atoms with E-state index in [-0.39, 0.29) is 5.91 Å². The molecule has 1 amide bonds. The first kappa shape index (κ1) is 20.9. The summed E-state index contributed by atoms with van der Waals surface area (Å²) in [5.74, 6) is 0.991. The van der Waals surface area contributed by atoms with E-state index in [1.165, 1.54) is 11.1 Å². The number of amides is 1. The largest absolute Gasteiger partial charge is 0.379 e. The summed E-state index contributed by atoms with van der Waals surface area (Å²) in [5, 5.41) is 12.0. The van der Waals surface area contributed by atoms with Crippen LogP contribution >= 0.6 is 0 Å². The fourth-order valence-corrected chi connectivity index (χ4v) is 4.05. The first-order valence-corrected chi connectivity index (χ1v) is 10.8. The molecule has 0 radical (unpaired) electrons. The van der Waals surface area contributed by atoms with Gasteiger partial charge in [0.25, 0.3) is 0 Å². The van der Waals surface area contributed by atoms with Crippen molar-refractivity contribution in [1.29, 1.82) is 0 Å². The van der Waals surface area contributed by atoms with Crippen LogP contribution in [0.5, 0.6) is 0 Å². The molecule has 9 nitrogen and oxygen atoms in total. The molecule has 2 fully saturated rings. The first-order chi connectivity index (χ1) is 14.7. The number of tetrazole rings is 1. The third-order valence-electron chi connectivity index (χ3n) is 5.83. The van der Waals surface area contributed by atoms with Crippen molar-refractivity contribution in [3.63, 3.8) is 0 Å². The first-order valence-electron chi connectivity index (χ1n) is 10.8. The number of morpholine rings is 1. The second-order valence-corrected chi connectivity index (χ2v) is 8.10. The van der Waals surface area contributed by atoms with Gasteiger partial charge in [-0.2, -0.15) is 0 Å². The second-order valence-electron chi connectivity index (χ2n) is 8.10. The van der Waals surface area contributed by atoms with Crippen LogP contribution in [0, 0.1) is 6.92 Å². The molecule has 30 heavy (non-hydrogen) atoms.